The summed E-state index contributed by atoms with van der Waals surface area (Å²) in [4.78, 5) is 38.7. The van der Waals surface area contributed by atoms with Crippen LogP contribution in [0.3, 0.4) is 0 Å². The molecule has 0 aliphatic carbocycles. The van der Waals surface area contributed by atoms with Crippen LogP contribution in [-0.4, -0.2) is 69.9 Å². The molecule has 2 aliphatic heterocycles. The third-order valence-corrected chi connectivity index (χ3v) is 6.26. The van der Waals surface area contributed by atoms with Crippen molar-refractivity contribution in [1.29, 1.82) is 0 Å². The number of morpholine rings is 1. The second-order valence-electron chi connectivity index (χ2n) is 8.26. The van der Waals surface area contributed by atoms with E-state index in [1.165, 1.54) is 28.8 Å². The molecule has 3 heterocycles. The number of fused-ring (bicyclic) bond motifs is 1. The topological polar surface area (TPSA) is 147 Å². The largest absolute Gasteiger partial charge is 0.478 e. The number of aliphatic hydroxyl groups excluding tert-OH is 1. The van der Waals surface area contributed by atoms with E-state index < -0.39 is 35.9 Å². The van der Waals surface area contributed by atoms with E-state index in [2.05, 4.69) is 5.32 Å². The molecule has 2 atom stereocenters. The first-order valence-corrected chi connectivity index (χ1v) is 10.7. The van der Waals surface area contributed by atoms with E-state index in [-0.39, 0.29) is 22.5 Å². The molecule has 10 nitrogen and oxygen atoms in total. The number of hydrogen-bond acceptors (Lipinski definition) is 6. The van der Waals surface area contributed by atoms with Crippen molar-refractivity contribution in [3.8, 4) is 0 Å². The number of rotatable bonds is 6. The Hall–Kier alpha value is -3.54. The second kappa shape index (κ2) is 9.01. The number of aromatic carboxylic acids is 1. The van der Waals surface area contributed by atoms with Gasteiger partial charge in [-0.05, 0) is 43.7 Å². The number of carboxylic acid groups (broad SMARTS) is 1. The van der Waals surface area contributed by atoms with E-state index in [4.69, 9.17) is 10.5 Å². The number of ether oxygens (including phenoxy) is 1. The number of anilines is 1. The molecule has 1 saturated heterocycles. The Bertz CT molecular complexity index is 1210. The molecule has 34 heavy (non-hydrogen) atoms. The van der Waals surface area contributed by atoms with Crippen molar-refractivity contribution in [3.63, 3.8) is 0 Å². The molecule has 2 unspecified atom stereocenters. The van der Waals surface area contributed by atoms with Crippen LogP contribution in [0.4, 0.5) is 10.1 Å². The van der Waals surface area contributed by atoms with E-state index in [1.807, 2.05) is 0 Å². The fourth-order valence-electron chi connectivity index (χ4n) is 4.65. The quantitative estimate of drug-likeness (QED) is 0.461. The van der Waals surface area contributed by atoms with Crippen molar-refractivity contribution in [2.24, 2.45) is 5.73 Å². The summed E-state index contributed by atoms with van der Waals surface area (Å²) < 4.78 is 20.8. The molecule has 0 saturated carbocycles. The van der Waals surface area contributed by atoms with Crippen LogP contribution in [0.25, 0.3) is 11.6 Å². The predicted molar refractivity (Wildman–Crippen MR) is 120 cm³/mol. The van der Waals surface area contributed by atoms with Crippen molar-refractivity contribution >= 4 is 35.1 Å². The summed E-state index contributed by atoms with van der Waals surface area (Å²) >= 11 is 0. The normalized spacial score (nSPS) is 19.1. The van der Waals surface area contributed by atoms with Crippen LogP contribution in [-0.2, 0) is 14.3 Å². The summed E-state index contributed by atoms with van der Waals surface area (Å²) in [6.07, 6.45) is -1.27. The maximum atomic E-state index is 13.9. The van der Waals surface area contributed by atoms with Crippen molar-refractivity contribution in [2.75, 3.05) is 31.6 Å². The number of amides is 2. The van der Waals surface area contributed by atoms with Gasteiger partial charge < -0.3 is 30.6 Å². The molecule has 1 aromatic heterocycles. The molecule has 2 aliphatic rings. The monoisotopic (exact) mass is 472 g/mol. The lowest BCUT2D eigenvalue weighted by Crippen LogP contribution is -2.50. The first-order valence-electron chi connectivity index (χ1n) is 10.7. The highest BCUT2D eigenvalue weighted by Crippen LogP contribution is 2.37. The molecule has 2 aromatic rings. The molecule has 4 rings (SSSR count). The van der Waals surface area contributed by atoms with E-state index in [9.17, 15) is 29.0 Å². The lowest BCUT2D eigenvalue weighted by Gasteiger charge is -2.38. The van der Waals surface area contributed by atoms with Gasteiger partial charge in [-0.2, -0.15) is 0 Å². The van der Waals surface area contributed by atoms with Crippen molar-refractivity contribution in [1.82, 2.24) is 9.47 Å². The Morgan fingerprint density at radius 2 is 1.94 bits per heavy atom. The number of nitrogens with one attached hydrogen (secondary N) is 1. The predicted octanol–water partition coefficient (Wildman–Crippen LogP) is 1.11. The second-order valence-corrected chi connectivity index (χ2v) is 8.26. The van der Waals surface area contributed by atoms with Crippen molar-refractivity contribution in [2.45, 2.75) is 26.1 Å². The zero-order valence-corrected chi connectivity index (χ0v) is 18.7. The SMILES string of the molecule is Cc1c(C(=O)O)c(C)n(C(C(O)C(N)=O)N2CCOCC2)c1C=C1C(=O)Nc2ccc(F)cc21. The summed E-state index contributed by atoms with van der Waals surface area (Å²) in [5, 5.41) is 23.4. The first kappa shape index (κ1) is 23.6. The number of primary amides is 1. The molecule has 0 radical (unpaired) electrons. The van der Waals surface area contributed by atoms with Gasteiger partial charge in [0.25, 0.3) is 5.91 Å². The third-order valence-electron chi connectivity index (χ3n) is 6.26. The smallest absolute Gasteiger partial charge is 0.337 e. The van der Waals surface area contributed by atoms with E-state index >= 15 is 0 Å². The summed E-state index contributed by atoms with van der Waals surface area (Å²) in [6, 6.07) is 3.88. The molecule has 11 heteroatoms. The highest BCUT2D eigenvalue weighted by Gasteiger charge is 2.37. The molecule has 0 bridgehead atoms. The van der Waals surface area contributed by atoms with Gasteiger partial charge in [0.15, 0.2) is 6.10 Å². The van der Waals surface area contributed by atoms with Gasteiger partial charge in [0.2, 0.25) is 5.91 Å². The number of aromatic nitrogens is 1. The van der Waals surface area contributed by atoms with Gasteiger partial charge in [0, 0.05) is 35.7 Å². The minimum absolute atomic E-state index is 0.0281. The minimum atomic E-state index is -1.68. The Morgan fingerprint density at radius 3 is 2.56 bits per heavy atom. The van der Waals surface area contributed by atoms with E-state index in [0.29, 0.717) is 43.1 Å². The number of aliphatic hydroxyl groups is 1. The lowest BCUT2D eigenvalue weighted by molar-refractivity contribution is -0.134. The number of hydrogen-bond donors (Lipinski definition) is 4. The Balaban J connectivity index is 1.97. The maximum absolute atomic E-state index is 13.9. The summed E-state index contributed by atoms with van der Waals surface area (Å²) in [7, 11) is 0. The fourth-order valence-corrected chi connectivity index (χ4v) is 4.65. The highest BCUT2D eigenvalue weighted by molar-refractivity contribution is 6.35. The van der Waals surface area contributed by atoms with E-state index in [1.54, 1.807) is 18.7 Å². The van der Waals surface area contributed by atoms with Crippen LogP contribution in [0.15, 0.2) is 18.2 Å². The van der Waals surface area contributed by atoms with Crippen molar-refractivity contribution in [3.05, 3.63) is 52.1 Å². The van der Waals surface area contributed by atoms with Gasteiger partial charge in [-0.15, -0.1) is 0 Å². The highest BCUT2D eigenvalue weighted by atomic mass is 19.1. The average molecular weight is 472 g/mol. The van der Waals surface area contributed by atoms with Crippen LogP contribution < -0.4 is 11.1 Å². The summed E-state index contributed by atoms with van der Waals surface area (Å²) in [5.74, 6) is -3.21. The van der Waals surface area contributed by atoms with Gasteiger partial charge in [-0.25, -0.2) is 9.18 Å². The third kappa shape index (κ3) is 3.98. The number of carboxylic acids is 1. The molecule has 1 fully saturated rings. The number of halogens is 1. The number of carbonyl (C=O) groups is 3. The number of nitrogens with zero attached hydrogens (tertiary/aromatic N) is 2. The molecule has 5 N–H and O–H groups in total. The Morgan fingerprint density at radius 1 is 1.26 bits per heavy atom. The molecular weight excluding hydrogens is 447 g/mol. The van der Waals surface area contributed by atoms with Crippen LogP contribution in [0.2, 0.25) is 0 Å². The zero-order valence-electron chi connectivity index (χ0n) is 18.7. The molecular formula is C23H25FN4O6. The van der Waals surface area contributed by atoms with Crippen LogP contribution >= 0.6 is 0 Å². The molecule has 2 amide bonds. The summed E-state index contributed by atoms with van der Waals surface area (Å²) in [5.41, 5.74) is 7.18. The molecule has 1 aromatic carbocycles. The average Bonchev–Trinajstić information content (AvgIpc) is 3.22. The Labute approximate surface area is 194 Å². The fraction of sp³-hybridized carbons (Fsp3) is 0.348. The number of nitrogens with two attached hydrogens (primary N) is 1. The standard InChI is InChI=1S/C23H25FN4O6/c1-11-17(10-15-14-9-13(24)3-4-16(14)26-21(15)31)28(12(2)18(11)23(32)33)22(19(29)20(25)30)27-5-7-34-8-6-27/h3-4,9-10,19,22,29H,5-8H2,1-2H3,(H2,25,30)(H,26,31)(H,32,33). The van der Waals surface area contributed by atoms with Crippen LogP contribution in [0.5, 0.6) is 0 Å². The minimum Gasteiger partial charge on any atom is -0.478 e. The van der Waals surface area contributed by atoms with Gasteiger partial charge in [-0.1, -0.05) is 0 Å². The van der Waals surface area contributed by atoms with Gasteiger partial charge in [0.05, 0.1) is 24.4 Å². The number of benzene rings is 1. The van der Waals surface area contributed by atoms with Crippen molar-refractivity contribution < 1.29 is 33.7 Å². The number of carbonyl (C=O) groups excluding carboxylic acids is 2. The van der Waals surface area contributed by atoms with Gasteiger partial charge >= 0.3 is 5.97 Å². The summed E-state index contributed by atoms with van der Waals surface area (Å²) in [6.45, 7) is 4.54. The van der Waals surface area contributed by atoms with Gasteiger partial charge in [-0.3, -0.25) is 14.5 Å². The lowest BCUT2D eigenvalue weighted by atomic mass is 10.0. The van der Waals surface area contributed by atoms with Crippen LogP contribution in [0.1, 0.15) is 39.0 Å². The maximum Gasteiger partial charge on any atom is 0.337 e. The van der Waals surface area contributed by atoms with Crippen LogP contribution in [0, 0.1) is 19.7 Å². The first-order chi connectivity index (χ1) is 16.1. The molecule has 180 valence electrons. The van der Waals surface area contributed by atoms with Gasteiger partial charge in [0.1, 0.15) is 12.0 Å². The Kier molecular flexibility index (Phi) is 6.26. The zero-order chi connectivity index (χ0) is 24.7. The molecule has 0 spiro atoms. The van der Waals surface area contributed by atoms with E-state index in [0.717, 1.165) is 0 Å².